The zero-order valence-corrected chi connectivity index (χ0v) is 13.6. The molecule has 1 unspecified atom stereocenters. The summed E-state index contributed by atoms with van der Waals surface area (Å²) in [6, 6.07) is 7.35. The van der Waals surface area contributed by atoms with E-state index < -0.39 is 16.8 Å². The molecule has 0 heterocycles. The van der Waals surface area contributed by atoms with E-state index >= 15 is 0 Å². The van der Waals surface area contributed by atoms with Crippen molar-refractivity contribution in [2.24, 2.45) is 0 Å². The summed E-state index contributed by atoms with van der Waals surface area (Å²) >= 11 is 10.8. The van der Waals surface area contributed by atoms with Gasteiger partial charge in [0.15, 0.2) is 4.84 Å². The number of nitrogens with one attached hydrogen (secondary N) is 2. The normalized spacial score (nSPS) is 13.0. The molecule has 1 aromatic carbocycles. The van der Waals surface area contributed by atoms with E-state index in [0.29, 0.717) is 12.1 Å². The van der Waals surface area contributed by atoms with Crippen molar-refractivity contribution in [3.8, 4) is 0 Å². The van der Waals surface area contributed by atoms with Crippen molar-refractivity contribution in [3.05, 3.63) is 24.3 Å². The Morgan fingerprint density at radius 2 is 1.90 bits per heavy atom. The first-order valence-electron chi connectivity index (χ1n) is 6.57. The fourth-order valence-electron chi connectivity index (χ4n) is 1.97. The average molecular weight is 334 g/mol. The zero-order valence-electron chi connectivity index (χ0n) is 12.1. The monoisotopic (exact) mass is 333 g/mol. The van der Waals surface area contributed by atoms with Crippen molar-refractivity contribution in [2.45, 2.75) is 36.7 Å². The van der Waals surface area contributed by atoms with Gasteiger partial charge < -0.3 is 21.5 Å². The minimum atomic E-state index is -1.13. The lowest BCUT2D eigenvalue weighted by Gasteiger charge is -2.30. The van der Waals surface area contributed by atoms with Gasteiger partial charge in [0.05, 0.1) is 6.10 Å². The Bertz CT molecular complexity index is 464. The lowest BCUT2D eigenvalue weighted by molar-refractivity contribution is -0.119. The van der Waals surface area contributed by atoms with Gasteiger partial charge in [-0.2, -0.15) is 0 Å². The number of halogens is 2. The Morgan fingerprint density at radius 3 is 2.43 bits per heavy atom. The second-order valence-corrected chi connectivity index (χ2v) is 6.63. The minimum absolute atomic E-state index is 0.0988. The first-order chi connectivity index (χ1) is 9.69. The Kier molecular flexibility index (Phi) is 6.58. The maximum atomic E-state index is 11.2. The second-order valence-electron chi connectivity index (χ2n) is 5.53. The van der Waals surface area contributed by atoms with Crippen LogP contribution >= 0.6 is 23.2 Å². The number of carbonyl (C=O) groups is 1. The predicted molar refractivity (Wildman–Crippen MR) is 87.7 cm³/mol. The molecule has 5 N–H and O–H groups in total. The molecule has 0 saturated heterocycles. The van der Waals surface area contributed by atoms with Gasteiger partial charge in [-0.05, 0) is 44.5 Å². The second kappa shape index (κ2) is 7.73. The first kappa shape index (κ1) is 17.9. The molecule has 21 heavy (non-hydrogen) atoms. The molecule has 1 amide bonds. The summed E-state index contributed by atoms with van der Waals surface area (Å²) in [4.78, 5) is 10.1. The number of aliphatic hydroxyl groups excluding tert-OH is 1. The van der Waals surface area contributed by atoms with E-state index in [9.17, 15) is 9.90 Å². The third kappa shape index (κ3) is 6.89. The van der Waals surface area contributed by atoms with Gasteiger partial charge in [0, 0.05) is 23.5 Å². The number of hydrogen-bond acceptors (Lipinski definition) is 4. The molecular weight excluding hydrogens is 313 g/mol. The summed E-state index contributed by atoms with van der Waals surface area (Å²) in [5.74, 6) is -0.512. The number of rotatable bonds is 7. The highest BCUT2D eigenvalue weighted by Gasteiger charge is 2.23. The van der Waals surface area contributed by atoms with E-state index in [2.05, 4.69) is 10.6 Å². The van der Waals surface area contributed by atoms with Crippen LogP contribution in [0.3, 0.4) is 0 Å². The van der Waals surface area contributed by atoms with Crippen molar-refractivity contribution in [1.82, 2.24) is 5.32 Å². The van der Waals surface area contributed by atoms with Crippen LogP contribution < -0.4 is 16.4 Å². The van der Waals surface area contributed by atoms with Gasteiger partial charge in [-0.3, -0.25) is 4.79 Å². The SMILES string of the molecule is CC(C)(CC(O)CNC(=O)C(Cl)Cl)Nc1ccc(N)cc1. The average Bonchev–Trinajstić information content (AvgIpc) is 2.37. The van der Waals surface area contributed by atoms with E-state index in [0.717, 1.165) is 5.69 Å². The molecule has 1 atom stereocenters. The summed E-state index contributed by atoms with van der Waals surface area (Å²) in [5, 5.41) is 15.8. The fraction of sp³-hybridized carbons (Fsp3) is 0.500. The molecule has 0 saturated carbocycles. The van der Waals surface area contributed by atoms with Crippen molar-refractivity contribution >= 4 is 40.5 Å². The summed E-state index contributed by atoms with van der Waals surface area (Å²) in [5.41, 5.74) is 6.88. The number of amides is 1. The van der Waals surface area contributed by atoms with Gasteiger partial charge >= 0.3 is 0 Å². The summed E-state index contributed by atoms with van der Waals surface area (Å²) in [6.45, 7) is 4.02. The highest BCUT2D eigenvalue weighted by Crippen LogP contribution is 2.20. The number of nitrogen functional groups attached to an aromatic ring is 1. The van der Waals surface area contributed by atoms with Crippen LogP contribution in [0.15, 0.2) is 24.3 Å². The smallest absolute Gasteiger partial charge is 0.253 e. The van der Waals surface area contributed by atoms with Gasteiger partial charge in [0.1, 0.15) is 0 Å². The molecule has 0 radical (unpaired) electrons. The van der Waals surface area contributed by atoms with Crippen LogP contribution in [-0.4, -0.2) is 34.0 Å². The number of benzene rings is 1. The Labute approximate surface area is 134 Å². The number of nitrogens with two attached hydrogens (primary N) is 1. The molecule has 118 valence electrons. The topological polar surface area (TPSA) is 87.4 Å². The number of aliphatic hydroxyl groups is 1. The van der Waals surface area contributed by atoms with Crippen LogP contribution in [-0.2, 0) is 4.79 Å². The number of alkyl halides is 2. The van der Waals surface area contributed by atoms with E-state index in [1.807, 2.05) is 26.0 Å². The van der Waals surface area contributed by atoms with E-state index in [1.165, 1.54) is 0 Å². The van der Waals surface area contributed by atoms with Gasteiger partial charge in [0.25, 0.3) is 5.91 Å². The fourth-order valence-corrected chi connectivity index (χ4v) is 2.12. The third-order valence-corrected chi connectivity index (χ3v) is 3.25. The largest absolute Gasteiger partial charge is 0.399 e. The lowest BCUT2D eigenvalue weighted by Crippen LogP contribution is -2.41. The van der Waals surface area contributed by atoms with Crippen LogP contribution in [0.1, 0.15) is 20.3 Å². The Morgan fingerprint density at radius 1 is 1.33 bits per heavy atom. The summed E-state index contributed by atoms with van der Waals surface area (Å²) in [7, 11) is 0. The third-order valence-electron chi connectivity index (χ3n) is 2.85. The molecule has 0 aliphatic heterocycles. The van der Waals surface area contributed by atoms with E-state index in [4.69, 9.17) is 28.9 Å². The molecule has 0 spiro atoms. The molecule has 0 aromatic heterocycles. The van der Waals surface area contributed by atoms with Crippen LogP contribution in [0.25, 0.3) is 0 Å². The van der Waals surface area contributed by atoms with Crippen molar-refractivity contribution < 1.29 is 9.90 Å². The highest BCUT2D eigenvalue weighted by molar-refractivity contribution is 6.53. The first-order valence-corrected chi connectivity index (χ1v) is 7.44. The Balaban J connectivity index is 2.47. The van der Waals surface area contributed by atoms with Gasteiger partial charge in [-0.25, -0.2) is 0 Å². The number of anilines is 2. The van der Waals surface area contributed by atoms with Crippen LogP contribution in [0, 0.1) is 0 Å². The van der Waals surface area contributed by atoms with Crippen molar-refractivity contribution in [1.29, 1.82) is 0 Å². The van der Waals surface area contributed by atoms with Crippen molar-refractivity contribution in [3.63, 3.8) is 0 Å². The molecule has 0 fully saturated rings. The van der Waals surface area contributed by atoms with Crippen LogP contribution in [0.5, 0.6) is 0 Å². The van der Waals surface area contributed by atoms with Crippen molar-refractivity contribution in [2.75, 3.05) is 17.6 Å². The summed E-state index contributed by atoms with van der Waals surface area (Å²) in [6.07, 6.45) is -0.273. The van der Waals surface area contributed by atoms with Gasteiger partial charge in [0.2, 0.25) is 0 Å². The quantitative estimate of drug-likeness (QED) is 0.454. The molecule has 1 aromatic rings. The standard InChI is InChI=1S/C14H21Cl2N3O2/c1-14(2,19-10-5-3-9(17)4-6-10)7-11(20)8-18-13(21)12(15)16/h3-6,11-12,19-20H,7-8,17H2,1-2H3,(H,18,21). The minimum Gasteiger partial charge on any atom is -0.399 e. The number of hydrogen-bond donors (Lipinski definition) is 4. The zero-order chi connectivity index (χ0) is 16.0. The van der Waals surface area contributed by atoms with E-state index in [1.54, 1.807) is 12.1 Å². The predicted octanol–water partition coefficient (Wildman–Crippen LogP) is 2.13. The van der Waals surface area contributed by atoms with Crippen LogP contribution in [0.2, 0.25) is 0 Å². The summed E-state index contributed by atoms with van der Waals surface area (Å²) < 4.78 is 0. The maximum absolute atomic E-state index is 11.2. The Hall–Kier alpha value is -1.17. The maximum Gasteiger partial charge on any atom is 0.253 e. The molecule has 0 aliphatic carbocycles. The molecule has 5 nitrogen and oxygen atoms in total. The van der Waals surface area contributed by atoms with Gasteiger partial charge in [-0.15, -0.1) is 0 Å². The highest BCUT2D eigenvalue weighted by atomic mass is 35.5. The molecular formula is C14H21Cl2N3O2. The lowest BCUT2D eigenvalue weighted by atomic mass is 9.96. The van der Waals surface area contributed by atoms with E-state index in [-0.39, 0.29) is 12.1 Å². The van der Waals surface area contributed by atoms with Gasteiger partial charge in [-0.1, -0.05) is 23.2 Å². The molecule has 1 rings (SSSR count). The number of carbonyl (C=O) groups excluding carboxylic acids is 1. The molecule has 0 aliphatic rings. The molecule has 7 heteroatoms. The van der Waals surface area contributed by atoms with Crippen LogP contribution in [0.4, 0.5) is 11.4 Å². The molecule has 0 bridgehead atoms.